The van der Waals surface area contributed by atoms with Crippen molar-refractivity contribution in [2.75, 3.05) is 13.7 Å². The highest BCUT2D eigenvalue weighted by molar-refractivity contribution is 9.10. The van der Waals surface area contributed by atoms with Gasteiger partial charge in [0, 0.05) is 12.1 Å². The molecule has 1 amide bonds. The summed E-state index contributed by atoms with van der Waals surface area (Å²) in [5, 5.41) is 9.09. The van der Waals surface area contributed by atoms with Crippen molar-refractivity contribution in [3.05, 3.63) is 28.2 Å². The van der Waals surface area contributed by atoms with Gasteiger partial charge in [-0.1, -0.05) is 0 Å². The average Bonchev–Trinajstić information content (AvgIpc) is 2.87. The fourth-order valence-electron chi connectivity index (χ4n) is 2.23. The van der Waals surface area contributed by atoms with Crippen LogP contribution in [0.15, 0.2) is 22.7 Å². The van der Waals surface area contributed by atoms with Crippen LogP contribution in [0.3, 0.4) is 0 Å². The monoisotopic (exact) mass is 327 g/mol. The van der Waals surface area contributed by atoms with E-state index in [4.69, 9.17) is 9.84 Å². The molecule has 1 fully saturated rings. The molecule has 1 heterocycles. The lowest BCUT2D eigenvalue weighted by Crippen LogP contribution is -2.40. The van der Waals surface area contributed by atoms with Crippen LogP contribution in [0.4, 0.5) is 0 Å². The highest BCUT2D eigenvalue weighted by Gasteiger charge is 2.34. The Kier molecular flexibility index (Phi) is 4.09. The number of likely N-dealkylation sites (tertiary alicyclic amines) is 1. The largest absolute Gasteiger partial charge is 0.496 e. The Morgan fingerprint density at radius 1 is 1.47 bits per heavy atom. The molecule has 1 N–H and O–H groups in total. The Labute approximate surface area is 119 Å². The fourth-order valence-corrected chi connectivity index (χ4v) is 2.77. The van der Waals surface area contributed by atoms with Crippen LogP contribution in [0.2, 0.25) is 0 Å². The number of carbonyl (C=O) groups excluding carboxylic acids is 1. The minimum absolute atomic E-state index is 0.256. The molecule has 0 saturated carbocycles. The van der Waals surface area contributed by atoms with Crippen molar-refractivity contribution >= 4 is 27.8 Å². The number of aliphatic carboxylic acids is 1. The van der Waals surface area contributed by atoms with E-state index in [0.717, 1.165) is 6.42 Å². The highest BCUT2D eigenvalue weighted by Crippen LogP contribution is 2.27. The van der Waals surface area contributed by atoms with Crippen molar-refractivity contribution in [1.82, 2.24) is 4.90 Å². The van der Waals surface area contributed by atoms with Crippen molar-refractivity contribution in [1.29, 1.82) is 0 Å². The molecule has 0 bridgehead atoms. The second-order valence-corrected chi connectivity index (χ2v) is 5.20. The van der Waals surface area contributed by atoms with Crippen molar-refractivity contribution in [2.24, 2.45) is 0 Å². The summed E-state index contributed by atoms with van der Waals surface area (Å²) < 4.78 is 5.77. The second kappa shape index (κ2) is 5.61. The van der Waals surface area contributed by atoms with Crippen LogP contribution in [0.1, 0.15) is 23.2 Å². The molecular weight excluding hydrogens is 314 g/mol. The molecule has 0 aromatic heterocycles. The lowest BCUT2D eigenvalue weighted by molar-refractivity contribution is -0.141. The molecule has 0 spiro atoms. The zero-order chi connectivity index (χ0) is 14.0. The van der Waals surface area contributed by atoms with Gasteiger partial charge in [-0.25, -0.2) is 4.79 Å². The summed E-state index contributed by atoms with van der Waals surface area (Å²) in [7, 11) is 1.54. The van der Waals surface area contributed by atoms with Crippen LogP contribution in [0.25, 0.3) is 0 Å². The highest BCUT2D eigenvalue weighted by atomic mass is 79.9. The number of carbonyl (C=O) groups is 2. The molecule has 2 rings (SSSR count). The van der Waals surface area contributed by atoms with Crippen molar-refractivity contribution in [3.8, 4) is 5.75 Å². The SMILES string of the molecule is COc1ccc(C(=O)N2CCC[C@@H]2C(=O)O)cc1Br. The quantitative estimate of drug-likeness (QED) is 0.923. The van der Waals surface area contributed by atoms with E-state index in [9.17, 15) is 9.59 Å². The van der Waals surface area contributed by atoms with Gasteiger partial charge in [0.15, 0.2) is 0 Å². The number of methoxy groups -OCH3 is 1. The number of amides is 1. The van der Waals surface area contributed by atoms with Crippen LogP contribution >= 0.6 is 15.9 Å². The zero-order valence-electron chi connectivity index (χ0n) is 10.4. The van der Waals surface area contributed by atoms with Gasteiger partial charge in [-0.2, -0.15) is 0 Å². The molecular formula is C13H14BrNO4. The summed E-state index contributed by atoms with van der Waals surface area (Å²) in [6, 6.07) is 4.26. The molecule has 1 aliphatic heterocycles. The first-order valence-corrected chi connectivity index (χ1v) is 6.71. The normalized spacial score (nSPS) is 18.4. The van der Waals surface area contributed by atoms with Gasteiger partial charge >= 0.3 is 5.97 Å². The van der Waals surface area contributed by atoms with Gasteiger partial charge < -0.3 is 14.7 Å². The second-order valence-electron chi connectivity index (χ2n) is 4.34. The molecule has 0 unspecified atom stereocenters. The number of carboxylic acid groups (broad SMARTS) is 1. The van der Waals surface area contributed by atoms with E-state index < -0.39 is 12.0 Å². The van der Waals surface area contributed by atoms with E-state index in [1.165, 1.54) is 4.90 Å². The summed E-state index contributed by atoms with van der Waals surface area (Å²) in [4.78, 5) is 24.8. The first-order valence-electron chi connectivity index (χ1n) is 5.92. The van der Waals surface area contributed by atoms with Crippen LogP contribution in [0, 0.1) is 0 Å². The molecule has 1 atom stereocenters. The minimum atomic E-state index is -0.946. The zero-order valence-corrected chi connectivity index (χ0v) is 12.0. The summed E-state index contributed by atoms with van der Waals surface area (Å²) in [6.07, 6.45) is 1.23. The Bertz CT molecular complexity index is 517. The Balaban J connectivity index is 2.24. The molecule has 102 valence electrons. The Morgan fingerprint density at radius 2 is 2.21 bits per heavy atom. The van der Waals surface area contributed by atoms with Crippen LogP contribution in [-0.4, -0.2) is 41.6 Å². The predicted molar refractivity (Wildman–Crippen MR) is 72.4 cm³/mol. The Hall–Kier alpha value is -1.56. The lowest BCUT2D eigenvalue weighted by Gasteiger charge is -2.21. The van der Waals surface area contributed by atoms with Crippen LogP contribution < -0.4 is 4.74 Å². The topological polar surface area (TPSA) is 66.8 Å². The van der Waals surface area contributed by atoms with Gasteiger partial charge in [0.25, 0.3) is 5.91 Å². The van der Waals surface area contributed by atoms with Gasteiger partial charge in [0.05, 0.1) is 11.6 Å². The number of carboxylic acids is 1. The number of hydrogen-bond donors (Lipinski definition) is 1. The summed E-state index contributed by atoms with van der Waals surface area (Å²) in [5.41, 5.74) is 0.459. The first-order chi connectivity index (χ1) is 9.04. The predicted octanol–water partition coefficient (Wildman–Crippen LogP) is 2.15. The third-order valence-electron chi connectivity index (χ3n) is 3.20. The molecule has 0 radical (unpaired) electrons. The van der Waals surface area contributed by atoms with Gasteiger partial charge in [0.2, 0.25) is 0 Å². The fraction of sp³-hybridized carbons (Fsp3) is 0.385. The number of ether oxygens (including phenoxy) is 1. The minimum Gasteiger partial charge on any atom is -0.496 e. The molecule has 19 heavy (non-hydrogen) atoms. The van der Waals surface area contributed by atoms with E-state index in [0.29, 0.717) is 28.8 Å². The van der Waals surface area contributed by atoms with Crippen molar-refractivity contribution in [3.63, 3.8) is 0 Å². The first kappa shape index (κ1) is 13.9. The van der Waals surface area contributed by atoms with Crippen LogP contribution in [0.5, 0.6) is 5.75 Å². The molecule has 0 aliphatic carbocycles. The van der Waals surface area contributed by atoms with Crippen molar-refractivity contribution < 1.29 is 19.4 Å². The van der Waals surface area contributed by atoms with Crippen LogP contribution in [-0.2, 0) is 4.79 Å². The van der Waals surface area contributed by atoms with Gasteiger partial charge in [0.1, 0.15) is 11.8 Å². The molecule has 1 aliphatic rings. The maximum Gasteiger partial charge on any atom is 0.326 e. The number of rotatable bonds is 3. The van der Waals surface area contributed by atoms with Gasteiger partial charge in [-0.3, -0.25) is 4.79 Å². The molecule has 6 heteroatoms. The number of halogens is 1. The Morgan fingerprint density at radius 3 is 2.79 bits per heavy atom. The smallest absolute Gasteiger partial charge is 0.326 e. The summed E-state index contributed by atoms with van der Waals surface area (Å²) in [6.45, 7) is 0.486. The average molecular weight is 328 g/mol. The van der Waals surface area contributed by atoms with E-state index >= 15 is 0 Å². The third-order valence-corrected chi connectivity index (χ3v) is 3.82. The number of benzene rings is 1. The van der Waals surface area contributed by atoms with Gasteiger partial charge in [-0.05, 0) is 47.0 Å². The molecule has 1 aromatic carbocycles. The van der Waals surface area contributed by atoms with E-state index in [2.05, 4.69) is 15.9 Å². The lowest BCUT2D eigenvalue weighted by atomic mass is 10.1. The van der Waals surface area contributed by atoms with Crippen molar-refractivity contribution in [2.45, 2.75) is 18.9 Å². The molecule has 5 nitrogen and oxygen atoms in total. The standard InChI is InChI=1S/C13H14BrNO4/c1-19-11-5-4-8(7-9(11)14)12(16)15-6-2-3-10(15)13(17)18/h4-5,7,10H,2-3,6H2,1H3,(H,17,18)/t10-/m1/s1. The van der Waals surface area contributed by atoms with E-state index in [-0.39, 0.29) is 5.91 Å². The maximum absolute atomic E-state index is 12.3. The molecule has 1 aromatic rings. The van der Waals surface area contributed by atoms with E-state index in [1.807, 2.05) is 0 Å². The maximum atomic E-state index is 12.3. The summed E-state index contributed by atoms with van der Waals surface area (Å²) in [5.74, 6) is -0.570. The van der Waals surface area contributed by atoms with Gasteiger partial charge in [-0.15, -0.1) is 0 Å². The number of hydrogen-bond acceptors (Lipinski definition) is 3. The molecule has 1 saturated heterocycles. The third kappa shape index (κ3) is 2.73. The summed E-state index contributed by atoms with van der Waals surface area (Å²) >= 11 is 3.32. The number of nitrogens with zero attached hydrogens (tertiary/aromatic N) is 1. The van der Waals surface area contributed by atoms with E-state index in [1.54, 1.807) is 25.3 Å².